The maximum absolute atomic E-state index is 12.6. The van der Waals surface area contributed by atoms with E-state index in [0.29, 0.717) is 19.5 Å². The summed E-state index contributed by atoms with van der Waals surface area (Å²) in [5, 5.41) is 5.53. The van der Waals surface area contributed by atoms with Gasteiger partial charge in [-0.05, 0) is 24.1 Å². The number of hydrogen-bond acceptors (Lipinski definition) is 2. The highest BCUT2D eigenvalue weighted by molar-refractivity contribution is 5.77. The molecular weight excluding hydrogens is 219 g/mol. The maximum atomic E-state index is 12.6. The third-order valence-electron chi connectivity index (χ3n) is 2.16. The van der Waals surface area contributed by atoms with E-state index in [1.165, 1.54) is 12.1 Å². The molecule has 3 nitrogen and oxygen atoms in total. The molecule has 0 saturated carbocycles. The zero-order chi connectivity index (χ0) is 12.5. The second-order valence-electron chi connectivity index (χ2n) is 3.53. The summed E-state index contributed by atoms with van der Waals surface area (Å²) in [6, 6.07) is 6.23. The number of carbonyl (C=O) groups excluding carboxylic acids is 1. The van der Waals surface area contributed by atoms with E-state index in [9.17, 15) is 9.18 Å². The van der Waals surface area contributed by atoms with Crippen molar-refractivity contribution in [3.8, 4) is 12.3 Å². The fraction of sp³-hybridized carbons (Fsp3) is 0.308. The molecule has 0 saturated heterocycles. The lowest BCUT2D eigenvalue weighted by atomic mass is 10.1. The smallest absolute Gasteiger partial charge is 0.233 e. The van der Waals surface area contributed by atoms with Gasteiger partial charge in [0.2, 0.25) is 5.91 Å². The normalized spacial score (nSPS) is 9.65. The molecular formula is C13H15FN2O. The molecule has 1 aromatic carbocycles. The standard InChI is InChI=1S/C13H15FN2O/c1-2-8-15-10-13(17)16-9-7-11-3-5-12(14)6-4-11/h1,3-6,15H,7-10H2,(H,16,17). The highest BCUT2D eigenvalue weighted by Gasteiger charge is 1.99. The van der Waals surface area contributed by atoms with Gasteiger partial charge in [0.15, 0.2) is 0 Å². The van der Waals surface area contributed by atoms with Crippen molar-refractivity contribution in [2.75, 3.05) is 19.6 Å². The summed E-state index contributed by atoms with van der Waals surface area (Å²) in [5.74, 6) is 2.04. The summed E-state index contributed by atoms with van der Waals surface area (Å²) in [4.78, 5) is 11.3. The van der Waals surface area contributed by atoms with Crippen LogP contribution < -0.4 is 10.6 Å². The van der Waals surface area contributed by atoms with Gasteiger partial charge in [-0.25, -0.2) is 4.39 Å². The Morgan fingerprint density at radius 2 is 2.06 bits per heavy atom. The van der Waals surface area contributed by atoms with Gasteiger partial charge in [-0.3, -0.25) is 10.1 Å². The molecule has 1 rings (SSSR count). The van der Waals surface area contributed by atoms with Gasteiger partial charge in [0.05, 0.1) is 13.1 Å². The van der Waals surface area contributed by atoms with E-state index in [1.807, 2.05) is 0 Å². The van der Waals surface area contributed by atoms with Crippen LogP contribution in [0.15, 0.2) is 24.3 Å². The first kappa shape index (κ1) is 13.2. The van der Waals surface area contributed by atoms with Crippen molar-refractivity contribution in [2.45, 2.75) is 6.42 Å². The van der Waals surface area contributed by atoms with Crippen molar-refractivity contribution < 1.29 is 9.18 Å². The Balaban J connectivity index is 2.17. The summed E-state index contributed by atoms with van der Waals surface area (Å²) < 4.78 is 12.6. The SMILES string of the molecule is C#CCNCC(=O)NCCc1ccc(F)cc1. The molecule has 0 aliphatic heterocycles. The molecule has 0 aliphatic rings. The third kappa shape index (κ3) is 5.69. The minimum Gasteiger partial charge on any atom is -0.355 e. The third-order valence-corrected chi connectivity index (χ3v) is 2.16. The van der Waals surface area contributed by atoms with Crippen LogP contribution in [0.2, 0.25) is 0 Å². The Morgan fingerprint density at radius 1 is 1.35 bits per heavy atom. The average molecular weight is 234 g/mol. The lowest BCUT2D eigenvalue weighted by Crippen LogP contribution is -2.35. The number of carbonyl (C=O) groups is 1. The lowest BCUT2D eigenvalue weighted by molar-refractivity contribution is -0.120. The maximum Gasteiger partial charge on any atom is 0.233 e. The van der Waals surface area contributed by atoms with Gasteiger partial charge in [-0.15, -0.1) is 6.42 Å². The number of hydrogen-bond donors (Lipinski definition) is 2. The van der Waals surface area contributed by atoms with Crippen LogP contribution in [0.25, 0.3) is 0 Å². The van der Waals surface area contributed by atoms with E-state index in [2.05, 4.69) is 16.6 Å². The molecule has 0 aromatic heterocycles. The summed E-state index contributed by atoms with van der Waals surface area (Å²) in [7, 11) is 0. The number of halogens is 1. The van der Waals surface area contributed by atoms with Crippen molar-refractivity contribution >= 4 is 5.91 Å². The molecule has 0 atom stereocenters. The van der Waals surface area contributed by atoms with Gasteiger partial charge in [-0.2, -0.15) is 0 Å². The number of amides is 1. The second-order valence-corrected chi connectivity index (χ2v) is 3.53. The molecule has 0 fully saturated rings. The van der Waals surface area contributed by atoms with E-state index in [1.54, 1.807) is 12.1 Å². The number of terminal acetylenes is 1. The summed E-state index contributed by atoms with van der Waals surface area (Å²) >= 11 is 0. The van der Waals surface area contributed by atoms with E-state index >= 15 is 0 Å². The van der Waals surface area contributed by atoms with E-state index in [-0.39, 0.29) is 18.3 Å². The quantitative estimate of drug-likeness (QED) is 0.562. The van der Waals surface area contributed by atoms with Gasteiger partial charge in [0.25, 0.3) is 0 Å². The second kappa shape index (κ2) is 7.42. The topological polar surface area (TPSA) is 41.1 Å². The van der Waals surface area contributed by atoms with E-state index < -0.39 is 0 Å². The minimum atomic E-state index is -0.253. The Bertz CT molecular complexity index is 395. The molecule has 0 heterocycles. The first-order valence-corrected chi connectivity index (χ1v) is 5.37. The van der Waals surface area contributed by atoms with Crippen LogP contribution in [0.1, 0.15) is 5.56 Å². The van der Waals surface area contributed by atoms with Crippen LogP contribution in [0.4, 0.5) is 4.39 Å². The van der Waals surface area contributed by atoms with Gasteiger partial charge in [0.1, 0.15) is 5.82 Å². The first-order chi connectivity index (χ1) is 8.22. The van der Waals surface area contributed by atoms with Gasteiger partial charge in [-0.1, -0.05) is 18.1 Å². The Hall–Kier alpha value is -1.86. The first-order valence-electron chi connectivity index (χ1n) is 5.37. The van der Waals surface area contributed by atoms with Gasteiger partial charge < -0.3 is 5.32 Å². The molecule has 2 N–H and O–H groups in total. The Kier molecular flexibility index (Phi) is 5.76. The van der Waals surface area contributed by atoms with Crippen LogP contribution in [0.5, 0.6) is 0 Å². The average Bonchev–Trinajstić information content (AvgIpc) is 2.32. The zero-order valence-electron chi connectivity index (χ0n) is 9.50. The molecule has 0 aliphatic carbocycles. The predicted octanol–water partition coefficient (Wildman–Crippen LogP) is 0.707. The minimum absolute atomic E-state index is 0.0950. The van der Waals surface area contributed by atoms with Crippen LogP contribution >= 0.6 is 0 Å². The molecule has 17 heavy (non-hydrogen) atoms. The lowest BCUT2D eigenvalue weighted by Gasteiger charge is -2.05. The molecule has 0 spiro atoms. The van der Waals surface area contributed by atoms with Crippen LogP contribution in [0.3, 0.4) is 0 Å². The van der Waals surface area contributed by atoms with Crippen molar-refractivity contribution in [2.24, 2.45) is 0 Å². The number of rotatable bonds is 6. The Morgan fingerprint density at radius 3 is 2.71 bits per heavy atom. The van der Waals surface area contributed by atoms with Crippen LogP contribution in [-0.4, -0.2) is 25.5 Å². The highest BCUT2D eigenvalue weighted by Crippen LogP contribution is 2.02. The summed E-state index contributed by atoms with van der Waals surface area (Å²) in [6.45, 7) is 1.13. The van der Waals surface area contributed by atoms with E-state index in [0.717, 1.165) is 5.56 Å². The highest BCUT2D eigenvalue weighted by atomic mass is 19.1. The van der Waals surface area contributed by atoms with E-state index in [4.69, 9.17) is 6.42 Å². The fourth-order valence-electron chi connectivity index (χ4n) is 1.31. The summed E-state index contributed by atoms with van der Waals surface area (Å²) in [5.41, 5.74) is 0.989. The molecule has 90 valence electrons. The van der Waals surface area contributed by atoms with Gasteiger partial charge in [0, 0.05) is 6.54 Å². The Labute approximate surface area is 100 Å². The largest absolute Gasteiger partial charge is 0.355 e. The van der Waals surface area contributed by atoms with Crippen molar-refractivity contribution in [1.82, 2.24) is 10.6 Å². The summed E-state index contributed by atoms with van der Waals surface area (Å²) in [6.07, 6.45) is 5.71. The van der Waals surface area contributed by atoms with Crippen molar-refractivity contribution in [3.63, 3.8) is 0 Å². The molecule has 0 unspecified atom stereocenters. The molecule has 0 bridgehead atoms. The van der Waals surface area contributed by atoms with Gasteiger partial charge >= 0.3 is 0 Å². The van der Waals surface area contributed by atoms with Crippen molar-refractivity contribution in [3.05, 3.63) is 35.6 Å². The number of nitrogens with one attached hydrogen (secondary N) is 2. The van der Waals surface area contributed by atoms with Crippen LogP contribution in [-0.2, 0) is 11.2 Å². The predicted molar refractivity (Wildman–Crippen MR) is 64.8 cm³/mol. The zero-order valence-corrected chi connectivity index (χ0v) is 9.50. The molecule has 1 amide bonds. The fourth-order valence-corrected chi connectivity index (χ4v) is 1.31. The van der Waals surface area contributed by atoms with Crippen molar-refractivity contribution in [1.29, 1.82) is 0 Å². The monoisotopic (exact) mass is 234 g/mol. The molecule has 1 aromatic rings. The molecule has 0 radical (unpaired) electrons. The van der Waals surface area contributed by atoms with Crippen LogP contribution in [0, 0.1) is 18.2 Å². The molecule has 4 heteroatoms. The number of benzene rings is 1.